The first-order valence-electron chi connectivity index (χ1n) is 11.9. The topological polar surface area (TPSA) is 119 Å². The van der Waals surface area contributed by atoms with E-state index in [9.17, 15) is 17.9 Å². The monoisotopic (exact) mass is 547 g/mol. The van der Waals surface area contributed by atoms with Gasteiger partial charge in [0.2, 0.25) is 10.0 Å². The number of methoxy groups -OCH3 is 1. The molecule has 0 saturated heterocycles. The first-order valence-corrected chi connectivity index (χ1v) is 13.7. The van der Waals surface area contributed by atoms with E-state index in [0.29, 0.717) is 28.8 Å². The zero-order chi connectivity index (χ0) is 26.4. The van der Waals surface area contributed by atoms with Gasteiger partial charge in [-0.3, -0.25) is 0 Å². The number of aliphatic hydroxyl groups is 1. The quantitative estimate of drug-likeness (QED) is 0.475. The van der Waals surface area contributed by atoms with E-state index in [1.54, 1.807) is 31.2 Å². The molecule has 0 aromatic carbocycles. The van der Waals surface area contributed by atoms with Gasteiger partial charge in [-0.25, -0.2) is 31.7 Å². The summed E-state index contributed by atoms with van der Waals surface area (Å²) in [5.74, 6) is -0.657. The Morgan fingerprint density at radius 2 is 2.14 bits per heavy atom. The van der Waals surface area contributed by atoms with Gasteiger partial charge in [0.15, 0.2) is 23.1 Å². The summed E-state index contributed by atoms with van der Waals surface area (Å²) in [5.41, 5.74) is 0.574. The number of pyridine rings is 1. The molecule has 0 radical (unpaired) electrons. The SMILES string of the molecule is CO[C@@H]1CCC[C@H](Nc2nc(-c3cn(S(=O)(=O)C4(C)C=C(Cl)C=CC4)c4ncccc34)ncc2F)[C@H]1O. The summed E-state index contributed by atoms with van der Waals surface area (Å²) in [6.07, 6.45) is 10.00. The molecule has 0 bridgehead atoms. The van der Waals surface area contributed by atoms with Gasteiger partial charge in [-0.05, 0) is 56.9 Å². The van der Waals surface area contributed by atoms with Crippen LogP contribution in [0.1, 0.15) is 32.6 Å². The number of aliphatic hydroxyl groups excluding tert-OH is 1. The van der Waals surface area contributed by atoms with E-state index in [2.05, 4.69) is 20.3 Å². The van der Waals surface area contributed by atoms with E-state index in [0.717, 1.165) is 16.6 Å². The highest BCUT2D eigenvalue weighted by atomic mass is 35.5. The molecule has 1 saturated carbocycles. The minimum absolute atomic E-state index is 0.0856. The number of hydrogen-bond acceptors (Lipinski definition) is 8. The van der Waals surface area contributed by atoms with Crippen molar-refractivity contribution in [2.75, 3.05) is 12.4 Å². The largest absolute Gasteiger partial charge is 0.388 e. The lowest BCUT2D eigenvalue weighted by atomic mass is 9.90. The predicted octanol–water partition coefficient (Wildman–Crippen LogP) is 3.99. The van der Waals surface area contributed by atoms with Crippen LogP contribution in [0.2, 0.25) is 0 Å². The Balaban J connectivity index is 1.57. The zero-order valence-corrected chi connectivity index (χ0v) is 21.9. The molecule has 0 aliphatic heterocycles. The van der Waals surface area contributed by atoms with Crippen molar-refractivity contribution in [3.63, 3.8) is 0 Å². The van der Waals surface area contributed by atoms with Crippen LogP contribution in [0.25, 0.3) is 22.4 Å². The molecule has 196 valence electrons. The van der Waals surface area contributed by atoms with Crippen molar-refractivity contribution in [1.29, 1.82) is 0 Å². The number of rotatable bonds is 6. The lowest BCUT2D eigenvalue weighted by molar-refractivity contribution is -0.0421. The summed E-state index contributed by atoms with van der Waals surface area (Å²) >= 11 is 6.15. The van der Waals surface area contributed by atoms with E-state index < -0.39 is 32.7 Å². The standard InChI is InChI=1S/C25H27ClFN5O4S/c1-25(10-4-6-15(26)12-25)37(34,35)32-14-17(16-7-5-11-28-24(16)32)22-29-13-18(27)23(31-22)30-19-8-3-9-20(36-2)21(19)33/h4-7,11-14,19-21,33H,3,8-10H2,1-2H3,(H,29,30,31)/t19-,20+,21+,25?/m0/s1. The first kappa shape index (κ1) is 25.8. The number of nitrogens with one attached hydrogen (secondary N) is 1. The maximum absolute atomic E-state index is 14.7. The number of anilines is 1. The van der Waals surface area contributed by atoms with Gasteiger partial charge in [0.1, 0.15) is 10.9 Å². The van der Waals surface area contributed by atoms with Gasteiger partial charge in [0.25, 0.3) is 0 Å². The van der Waals surface area contributed by atoms with Gasteiger partial charge in [-0.1, -0.05) is 17.7 Å². The summed E-state index contributed by atoms with van der Waals surface area (Å²) in [5, 5.41) is 14.4. The van der Waals surface area contributed by atoms with E-state index in [1.165, 1.54) is 25.6 Å². The van der Waals surface area contributed by atoms with Crippen molar-refractivity contribution >= 4 is 38.5 Å². The smallest absolute Gasteiger partial charge is 0.249 e. The molecule has 2 aliphatic rings. The molecular weight excluding hydrogens is 521 g/mol. The van der Waals surface area contributed by atoms with Crippen molar-refractivity contribution < 1.29 is 22.7 Å². The highest BCUT2D eigenvalue weighted by molar-refractivity contribution is 7.91. The van der Waals surface area contributed by atoms with Crippen LogP contribution in [0.4, 0.5) is 10.2 Å². The van der Waals surface area contributed by atoms with Crippen LogP contribution in [0.3, 0.4) is 0 Å². The van der Waals surface area contributed by atoms with Gasteiger partial charge < -0.3 is 15.2 Å². The molecule has 3 aromatic rings. The minimum atomic E-state index is -4.02. The van der Waals surface area contributed by atoms with Crippen molar-refractivity contribution in [3.8, 4) is 11.4 Å². The minimum Gasteiger partial charge on any atom is -0.388 e. The van der Waals surface area contributed by atoms with Crippen LogP contribution in [0.15, 0.2) is 54.0 Å². The highest BCUT2D eigenvalue weighted by Crippen LogP contribution is 2.36. The van der Waals surface area contributed by atoms with Gasteiger partial charge in [-0.15, -0.1) is 0 Å². The van der Waals surface area contributed by atoms with Crippen LogP contribution >= 0.6 is 11.6 Å². The molecule has 2 aliphatic carbocycles. The normalized spacial score (nSPS) is 26.3. The molecule has 2 N–H and O–H groups in total. The van der Waals surface area contributed by atoms with Crippen LogP contribution < -0.4 is 5.32 Å². The molecule has 1 unspecified atom stereocenters. The Kier molecular flexibility index (Phi) is 6.82. The number of halogens is 2. The van der Waals surface area contributed by atoms with Gasteiger partial charge in [-0.2, -0.15) is 0 Å². The van der Waals surface area contributed by atoms with Crippen molar-refractivity contribution in [1.82, 2.24) is 18.9 Å². The fourth-order valence-electron chi connectivity index (χ4n) is 4.93. The van der Waals surface area contributed by atoms with E-state index in [4.69, 9.17) is 16.3 Å². The summed E-state index contributed by atoms with van der Waals surface area (Å²) in [4.78, 5) is 12.8. The number of ether oxygens (including phenoxy) is 1. The Morgan fingerprint density at radius 1 is 1.32 bits per heavy atom. The van der Waals surface area contributed by atoms with Gasteiger partial charge in [0.05, 0.1) is 18.3 Å². The van der Waals surface area contributed by atoms with Crippen molar-refractivity contribution in [2.24, 2.45) is 0 Å². The van der Waals surface area contributed by atoms with Crippen molar-refractivity contribution in [3.05, 3.63) is 59.8 Å². The molecule has 9 nitrogen and oxygen atoms in total. The molecule has 37 heavy (non-hydrogen) atoms. The Bertz CT molecular complexity index is 1510. The van der Waals surface area contributed by atoms with Crippen LogP contribution in [-0.2, 0) is 14.8 Å². The van der Waals surface area contributed by atoms with Crippen LogP contribution in [0.5, 0.6) is 0 Å². The Labute approximate surface area is 219 Å². The average molecular weight is 548 g/mol. The summed E-state index contributed by atoms with van der Waals surface area (Å²) in [7, 11) is -2.48. The fraction of sp³-hybridized carbons (Fsp3) is 0.400. The molecule has 4 atom stereocenters. The number of hydrogen-bond donors (Lipinski definition) is 2. The zero-order valence-electron chi connectivity index (χ0n) is 20.3. The maximum Gasteiger partial charge on any atom is 0.249 e. The first-order chi connectivity index (χ1) is 17.6. The van der Waals surface area contributed by atoms with E-state index in [1.807, 2.05) is 0 Å². The molecule has 3 heterocycles. The number of fused-ring (bicyclic) bond motifs is 1. The molecule has 12 heteroatoms. The predicted molar refractivity (Wildman–Crippen MR) is 139 cm³/mol. The van der Waals surface area contributed by atoms with Gasteiger partial charge >= 0.3 is 0 Å². The molecule has 5 rings (SSSR count). The third-order valence-corrected chi connectivity index (χ3v) is 9.52. The molecule has 0 spiro atoms. The lowest BCUT2D eigenvalue weighted by Crippen LogP contribution is -2.46. The van der Waals surface area contributed by atoms with Crippen molar-refractivity contribution in [2.45, 2.75) is 55.6 Å². The van der Waals surface area contributed by atoms with E-state index >= 15 is 0 Å². The second-order valence-corrected chi connectivity index (χ2v) is 12.2. The lowest BCUT2D eigenvalue weighted by Gasteiger charge is -2.34. The number of aromatic nitrogens is 4. The highest BCUT2D eigenvalue weighted by Gasteiger charge is 2.41. The van der Waals surface area contributed by atoms with Crippen LogP contribution in [0, 0.1) is 5.82 Å². The second-order valence-electron chi connectivity index (χ2n) is 9.50. The summed E-state index contributed by atoms with van der Waals surface area (Å²) in [6, 6.07) is 2.93. The average Bonchev–Trinajstić information content (AvgIpc) is 3.27. The molecule has 1 fully saturated rings. The molecule has 3 aromatic heterocycles. The second kappa shape index (κ2) is 9.79. The number of nitrogens with zero attached hydrogens (tertiary/aromatic N) is 4. The van der Waals surface area contributed by atoms with E-state index in [-0.39, 0.29) is 29.8 Å². The van der Waals surface area contributed by atoms with Crippen LogP contribution in [-0.4, -0.2) is 62.6 Å². The Morgan fingerprint density at radius 3 is 2.89 bits per heavy atom. The summed E-state index contributed by atoms with van der Waals surface area (Å²) < 4.78 is 47.6. The third-order valence-electron chi connectivity index (χ3n) is 7.03. The molecular formula is C25H27ClFN5O4S. The van der Waals surface area contributed by atoms with Gasteiger partial charge in [0, 0.05) is 35.5 Å². The Hall–Kier alpha value is -2.86. The number of allylic oxidation sites excluding steroid dienone is 3. The fourth-order valence-corrected chi connectivity index (χ4v) is 6.97. The third kappa shape index (κ3) is 4.54. The maximum atomic E-state index is 14.7. The summed E-state index contributed by atoms with van der Waals surface area (Å²) in [6.45, 7) is 1.60. The molecule has 0 amide bonds.